The third-order valence-electron chi connectivity index (χ3n) is 5.68. The maximum atomic E-state index is 13.2. The molecular weight excluding hydrogens is 482 g/mol. The van der Waals surface area contributed by atoms with E-state index in [4.69, 9.17) is 4.74 Å². The number of rotatable bonds is 6. The van der Waals surface area contributed by atoms with Gasteiger partial charge in [-0.2, -0.15) is 0 Å². The maximum absolute atomic E-state index is 13.2. The van der Waals surface area contributed by atoms with Gasteiger partial charge in [-0.3, -0.25) is 9.59 Å². The molecule has 0 aliphatic carbocycles. The van der Waals surface area contributed by atoms with E-state index in [0.29, 0.717) is 5.56 Å². The van der Waals surface area contributed by atoms with Crippen molar-refractivity contribution in [1.29, 1.82) is 0 Å². The van der Waals surface area contributed by atoms with Crippen LogP contribution in [0.3, 0.4) is 0 Å². The standard InChI is InChI=1S/C23H22BrNO5S/c1-22(2)17(19(28)30-13-14-9-5-3-6-10-14)25-20(29)23(24,21(25)31-22)18(27)16(26)15-11-7-4-8-12-15/h3-12,17-18,21,27H,13H2,1-2H3/t17-,18?,21+,23-/m0/s1. The molecule has 1 amide bonds. The number of hydrogen-bond acceptors (Lipinski definition) is 6. The summed E-state index contributed by atoms with van der Waals surface area (Å²) >= 11 is 4.75. The van der Waals surface area contributed by atoms with Gasteiger partial charge in [-0.15, -0.1) is 11.8 Å². The highest BCUT2D eigenvalue weighted by Gasteiger charge is 2.74. The molecule has 0 saturated carbocycles. The van der Waals surface area contributed by atoms with Gasteiger partial charge in [0.1, 0.15) is 24.1 Å². The number of carbonyl (C=O) groups excluding carboxylic acids is 3. The average Bonchev–Trinajstić information content (AvgIpc) is 3.06. The number of nitrogens with zero attached hydrogens (tertiary/aromatic N) is 1. The van der Waals surface area contributed by atoms with Crippen molar-refractivity contribution in [3.8, 4) is 0 Å². The molecule has 31 heavy (non-hydrogen) atoms. The van der Waals surface area contributed by atoms with Crippen LogP contribution in [0.15, 0.2) is 60.7 Å². The largest absolute Gasteiger partial charge is 0.459 e. The number of fused-ring (bicyclic) bond motifs is 1. The molecule has 2 fully saturated rings. The molecule has 0 spiro atoms. The first-order chi connectivity index (χ1) is 14.7. The van der Waals surface area contributed by atoms with Crippen molar-refractivity contribution in [2.75, 3.05) is 0 Å². The summed E-state index contributed by atoms with van der Waals surface area (Å²) in [6.07, 6.45) is -1.58. The number of carbonyl (C=O) groups is 3. The zero-order valence-corrected chi connectivity index (χ0v) is 19.4. The Morgan fingerprint density at radius 1 is 1.13 bits per heavy atom. The van der Waals surface area contributed by atoms with E-state index < -0.39 is 44.3 Å². The summed E-state index contributed by atoms with van der Waals surface area (Å²) in [7, 11) is 0. The number of Topliss-reactive ketones (excluding diaryl/α,β-unsaturated/α-hetero) is 1. The highest BCUT2D eigenvalue weighted by molar-refractivity contribution is 9.10. The van der Waals surface area contributed by atoms with Gasteiger partial charge in [0.15, 0.2) is 10.1 Å². The van der Waals surface area contributed by atoms with Gasteiger partial charge in [0.05, 0.1) is 0 Å². The number of thioether (sulfide) groups is 1. The molecule has 1 N–H and O–H groups in total. The normalized spacial score (nSPS) is 27.2. The fraction of sp³-hybridized carbons (Fsp3) is 0.348. The van der Waals surface area contributed by atoms with Crippen molar-refractivity contribution in [3.63, 3.8) is 0 Å². The van der Waals surface area contributed by atoms with Gasteiger partial charge in [0.25, 0.3) is 0 Å². The highest BCUT2D eigenvalue weighted by atomic mass is 79.9. The molecule has 4 atom stereocenters. The van der Waals surface area contributed by atoms with Crippen LogP contribution in [0.1, 0.15) is 29.8 Å². The number of esters is 1. The maximum Gasteiger partial charge on any atom is 0.330 e. The number of alkyl halides is 1. The van der Waals surface area contributed by atoms with E-state index in [1.165, 1.54) is 16.7 Å². The first-order valence-electron chi connectivity index (χ1n) is 9.85. The molecule has 0 aromatic heterocycles. The van der Waals surface area contributed by atoms with E-state index in [1.807, 2.05) is 44.2 Å². The van der Waals surface area contributed by atoms with Crippen molar-refractivity contribution in [1.82, 2.24) is 4.90 Å². The number of ether oxygens (including phenoxy) is 1. The summed E-state index contributed by atoms with van der Waals surface area (Å²) in [5.74, 6) is -1.54. The lowest BCUT2D eigenvalue weighted by Crippen LogP contribution is -2.75. The molecule has 162 valence electrons. The molecule has 2 heterocycles. The predicted molar refractivity (Wildman–Crippen MR) is 121 cm³/mol. The van der Waals surface area contributed by atoms with Crippen molar-refractivity contribution in [2.45, 2.75) is 47.0 Å². The van der Waals surface area contributed by atoms with E-state index in [0.717, 1.165) is 5.56 Å². The van der Waals surface area contributed by atoms with Gasteiger partial charge in [-0.1, -0.05) is 76.6 Å². The minimum absolute atomic E-state index is 0.109. The van der Waals surface area contributed by atoms with Crippen LogP contribution in [-0.4, -0.2) is 54.3 Å². The second-order valence-corrected chi connectivity index (χ2v) is 11.2. The Kier molecular flexibility index (Phi) is 5.74. The number of β-lactam (4-membered cyclic amide) rings is 1. The van der Waals surface area contributed by atoms with Gasteiger partial charge in [0.2, 0.25) is 5.91 Å². The molecule has 6 nitrogen and oxygen atoms in total. The molecule has 2 aliphatic rings. The number of halogens is 1. The van der Waals surface area contributed by atoms with Crippen LogP contribution in [0.4, 0.5) is 0 Å². The number of benzene rings is 2. The van der Waals surface area contributed by atoms with E-state index in [1.54, 1.807) is 30.3 Å². The molecule has 4 rings (SSSR count). The Bertz CT molecular complexity index is 1020. The first-order valence-corrected chi connectivity index (χ1v) is 11.5. The number of amides is 1. The number of aliphatic hydroxyl groups excluding tert-OH is 1. The third-order valence-corrected chi connectivity index (χ3v) is 8.84. The lowest BCUT2D eigenvalue weighted by Gasteiger charge is -2.51. The van der Waals surface area contributed by atoms with Gasteiger partial charge >= 0.3 is 5.97 Å². The van der Waals surface area contributed by atoms with Crippen LogP contribution in [0, 0.1) is 0 Å². The summed E-state index contributed by atoms with van der Waals surface area (Å²) in [6.45, 7) is 3.82. The molecule has 0 radical (unpaired) electrons. The average molecular weight is 504 g/mol. The summed E-state index contributed by atoms with van der Waals surface area (Å²) in [6, 6.07) is 16.8. The van der Waals surface area contributed by atoms with Gasteiger partial charge in [-0.05, 0) is 19.4 Å². The zero-order chi connectivity index (χ0) is 22.4. The van der Waals surface area contributed by atoms with Crippen LogP contribution in [0.5, 0.6) is 0 Å². The summed E-state index contributed by atoms with van der Waals surface area (Å²) in [5.41, 5.74) is 1.17. The summed E-state index contributed by atoms with van der Waals surface area (Å²) in [4.78, 5) is 40.3. The zero-order valence-electron chi connectivity index (χ0n) is 17.0. The van der Waals surface area contributed by atoms with E-state index in [-0.39, 0.29) is 6.61 Å². The highest BCUT2D eigenvalue weighted by Crippen LogP contribution is 2.59. The monoisotopic (exact) mass is 503 g/mol. The van der Waals surface area contributed by atoms with E-state index in [2.05, 4.69) is 15.9 Å². The fourth-order valence-corrected chi connectivity index (χ4v) is 6.60. The van der Waals surface area contributed by atoms with Crippen molar-refractivity contribution < 1.29 is 24.2 Å². The Balaban J connectivity index is 1.53. The predicted octanol–water partition coefficient (Wildman–Crippen LogP) is 3.17. The van der Waals surface area contributed by atoms with Crippen molar-refractivity contribution >= 4 is 45.4 Å². The molecule has 2 saturated heterocycles. The SMILES string of the molecule is CC1(C)S[C@H]2N(C(=O)[C@@]2(Br)C(O)C(=O)c2ccccc2)[C@H]1C(=O)OCc1ccccc1. The van der Waals surface area contributed by atoms with E-state index >= 15 is 0 Å². The minimum Gasteiger partial charge on any atom is -0.459 e. The van der Waals surface area contributed by atoms with Crippen LogP contribution < -0.4 is 0 Å². The molecule has 2 aromatic carbocycles. The summed E-state index contributed by atoms with van der Waals surface area (Å²) < 4.78 is 3.36. The summed E-state index contributed by atoms with van der Waals surface area (Å²) in [5, 5.41) is 10.3. The van der Waals surface area contributed by atoms with Crippen LogP contribution in [-0.2, 0) is 20.9 Å². The molecule has 2 aromatic rings. The first kappa shape index (κ1) is 22.0. The molecule has 8 heteroatoms. The molecular formula is C23H22BrNO5S. The number of hydrogen-bond donors (Lipinski definition) is 1. The van der Waals surface area contributed by atoms with Crippen molar-refractivity contribution in [2.24, 2.45) is 0 Å². The Morgan fingerprint density at radius 3 is 2.32 bits per heavy atom. The lowest BCUT2D eigenvalue weighted by atomic mass is 9.84. The van der Waals surface area contributed by atoms with Crippen molar-refractivity contribution in [3.05, 3.63) is 71.8 Å². The number of aliphatic hydroxyl groups is 1. The fourth-order valence-electron chi connectivity index (χ4n) is 4.04. The third kappa shape index (κ3) is 3.60. The molecule has 1 unspecified atom stereocenters. The van der Waals surface area contributed by atoms with Gasteiger partial charge < -0.3 is 14.7 Å². The molecule has 0 bridgehead atoms. The van der Waals surface area contributed by atoms with Crippen LogP contribution >= 0.6 is 27.7 Å². The quantitative estimate of drug-likeness (QED) is 0.282. The Hall–Kier alpha value is -2.16. The minimum atomic E-state index is -1.58. The Morgan fingerprint density at radius 2 is 1.71 bits per heavy atom. The van der Waals surface area contributed by atoms with E-state index in [9.17, 15) is 19.5 Å². The van der Waals surface area contributed by atoms with Crippen LogP contribution in [0.2, 0.25) is 0 Å². The van der Waals surface area contributed by atoms with Crippen LogP contribution in [0.25, 0.3) is 0 Å². The topological polar surface area (TPSA) is 83.9 Å². The smallest absolute Gasteiger partial charge is 0.330 e. The Labute approximate surface area is 193 Å². The van der Waals surface area contributed by atoms with Gasteiger partial charge in [0, 0.05) is 10.3 Å². The lowest BCUT2D eigenvalue weighted by molar-refractivity contribution is -0.167. The molecule has 2 aliphatic heterocycles. The number of ketones is 1. The second kappa shape index (κ2) is 8.07. The van der Waals surface area contributed by atoms with Gasteiger partial charge in [-0.25, -0.2) is 4.79 Å². The second-order valence-electron chi connectivity index (χ2n) is 8.18.